The van der Waals surface area contributed by atoms with Gasteiger partial charge < -0.3 is 5.32 Å². The van der Waals surface area contributed by atoms with E-state index in [1.165, 1.54) is 4.70 Å². The first kappa shape index (κ1) is 14.7. The molecule has 2 heterocycles. The molecule has 7 heteroatoms. The zero-order chi connectivity index (χ0) is 14.7. The number of aromatic nitrogens is 3. The van der Waals surface area contributed by atoms with Gasteiger partial charge >= 0.3 is 0 Å². The lowest BCUT2D eigenvalue weighted by Crippen LogP contribution is -2.07. The second-order valence-corrected chi connectivity index (χ2v) is 8.33. The van der Waals surface area contributed by atoms with Crippen LogP contribution < -0.4 is 5.32 Å². The maximum absolute atomic E-state index is 4.63. The molecule has 0 aliphatic rings. The highest BCUT2D eigenvalue weighted by Crippen LogP contribution is 2.31. The third-order valence-corrected chi connectivity index (χ3v) is 5.97. The maximum Gasteiger partial charge on any atom is 0.206 e. The summed E-state index contributed by atoms with van der Waals surface area (Å²) in [5.74, 6) is 1.45. The molecular weight excluding hydrogens is 320 g/mol. The molecule has 2 aromatic heterocycles. The minimum absolute atomic E-state index is 0.604. The zero-order valence-electron chi connectivity index (χ0n) is 11.9. The van der Waals surface area contributed by atoms with Gasteiger partial charge in [0.25, 0.3) is 0 Å². The molecule has 0 saturated heterocycles. The molecule has 0 amide bonds. The van der Waals surface area contributed by atoms with Gasteiger partial charge in [-0.25, -0.2) is 4.98 Å². The first-order chi connectivity index (χ1) is 10.2. The molecule has 1 N–H and O–H groups in total. The zero-order valence-corrected chi connectivity index (χ0v) is 14.3. The van der Waals surface area contributed by atoms with Gasteiger partial charge in [0.1, 0.15) is 5.01 Å². The Hall–Kier alpha value is -1.18. The first-order valence-electron chi connectivity index (χ1n) is 6.75. The molecule has 0 aliphatic carbocycles. The van der Waals surface area contributed by atoms with Crippen molar-refractivity contribution in [3.05, 3.63) is 29.3 Å². The number of nitrogens with zero attached hydrogens (tertiary/aromatic N) is 3. The summed E-state index contributed by atoms with van der Waals surface area (Å²) in [4.78, 5) is 4.63. The summed E-state index contributed by atoms with van der Waals surface area (Å²) >= 11 is 5.05. The van der Waals surface area contributed by atoms with E-state index in [-0.39, 0.29) is 0 Å². The summed E-state index contributed by atoms with van der Waals surface area (Å²) in [6.45, 7) is 5.28. The molecule has 0 bridgehead atoms. The van der Waals surface area contributed by atoms with Gasteiger partial charge in [-0.15, -0.1) is 21.5 Å². The molecule has 3 aromatic rings. The second-order valence-electron chi connectivity index (χ2n) is 5.01. The minimum atomic E-state index is 0.604. The number of fused-ring (bicyclic) bond motifs is 1. The van der Waals surface area contributed by atoms with Crippen LogP contribution in [0.3, 0.4) is 0 Å². The number of thiazole rings is 1. The van der Waals surface area contributed by atoms with E-state index in [1.54, 1.807) is 34.4 Å². The molecule has 0 fully saturated rings. The van der Waals surface area contributed by atoms with Crippen molar-refractivity contribution in [2.75, 3.05) is 11.9 Å². The Morgan fingerprint density at radius 2 is 2.05 bits per heavy atom. The standard InChI is InChI=1S/C14H16N4S3/c1-9(2)7-15-13-17-18-14(21-13)19-8-12-16-10-5-3-4-6-11(10)20-12/h3-6,9H,7-8H2,1-2H3,(H,15,17). The van der Waals surface area contributed by atoms with E-state index in [2.05, 4.69) is 52.5 Å². The van der Waals surface area contributed by atoms with Gasteiger partial charge in [-0.3, -0.25) is 0 Å². The first-order valence-corrected chi connectivity index (χ1v) is 9.37. The topological polar surface area (TPSA) is 50.7 Å². The van der Waals surface area contributed by atoms with Gasteiger partial charge in [0, 0.05) is 6.54 Å². The number of para-hydroxylation sites is 1. The lowest BCUT2D eigenvalue weighted by atomic mass is 10.2. The molecule has 0 aliphatic heterocycles. The molecule has 4 nitrogen and oxygen atoms in total. The molecule has 0 saturated carbocycles. The summed E-state index contributed by atoms with van der Waals surface area (Å²) in [6, 6.07) is 8.24. The Kier molecular flexibility index (Phi) is 4.72. The fourth-order valence-corrected chi connectivity index (χ4v) is 4.45. The lowest BCUT2D eigenvalue weighted by molar-refractivity contribution is 0.687. The van der Waals surface area contributed by atoms with E-state index < -0.39 is 0 Å². The van der Waals surface area contributed by atoms with Crippen molar-refractivity contribution in [3.63, 3.8) is 0 Å². The number of thioether (sulfide) groups is 1. The Morgan fingerprint density at radius 3 is 2.86 bits per heavy atom. The summed E-state index contributed by atoms with van der Waals surface area (Å²) in [7, 11) is 0. The molecule has 1 aromatic carbocycles. The third kappa shape index (κ3) is 3.93. The number of benzene rings is 1. The van der Waals surface area contributed by atoms with Crippen molar-refractivity contribution in [1.29, 1.82) is 0 Å². The van der Waals surface area contributed by atoms with E-state index in [0.29, 0.717) is 5.92 Å². The van der Waals surface area contributed by atoms with Crippen LogP contribution in [0.15, 0.2) is 28.6 Å². The van der Waals surface area contributed by atoms with Crippen molar-refractivity contribution in [3.8, 4) is 0 Å². The van der Waals surface area contributed by atoms with Crippen molar-refractivity contribution in [2.45, 2.75) is 23.9 Å². The Balaban J connectivity index is 1.59. The minimum Gasteiger partial charge on any atom is -0.360 e. The average Bonchev–Trinajstić information content (AvgIpc) is 3.09. The van der Waals surface area contributed by atoms with E-state index in [0.717, 1.165) is 32.3 Å². The van der Waals surface area contributed by atoms with Crippen LogP contribution in [0.25, 0.3) is 10.2 Å². The number of hydrogen-bond acceptors (Lipinski definition) is 7. The normalized spacial score (nSPS) is 11.4. The lowest BCUT2D eigenvalue weighted by Gasteiger charge is -2.03. The van der Waals surface area contributed by atoms with Crippen LogP contribution in [0.4, 0.5) is 5.13 Å². The molecule has 110 valence electrons. The van der Waals surface area contributed by atoms with Crippen LogP contribution in [-0.2, 0) is 5.75 Å². The fraction of sp³-hybridized carbons (Fsp3) is 0.357. The van der Waals surface area contributed by atoms with Crippen LogP contribution in [0.1, 0.15) is 18.9 Å². The highest BCUT2D eigenvalue weighted by Gasteiger charge is 2.08. The van der Waals surface area contributed by atoms with Gasteiger partial charge in [0.2, 0.25) is 5.13 Å². The van der Waals surface area contributed by atoms with Gasteiger partial charge in [0.15, 0.2) is 4.34 Å². The van der Waals surface area contributed by atoms with Crippen molar-refractivity contribution in [2.24, 2.45) is 5.92 Å². The number of rotatable bonds is 6. The molecular formula is C14H16N4S3. The highest BCUT2D eigenvalue weighted by molar-refractivity contribution is 8.00. The van der Waals surface area contributed by atoms with E-state index >= 15 is 0 Å². The maximum atomic E-state index is 4.63. The predicted molar refractivity (Wildman–Crippen MR) is 92.4 cm³/mol. The van der Waals surface area contributed by atoms with Crippen molar-refractivity contribution in [1.82, 2.24) is 15.2 Å². The van der Waals surface area contributed by atoms with Crippen LogP contribution in [0.2, 0.25) is 0 Å². The molecule has 0 atom stereocenters. The average molecular weight is 337 g/mol. The summed E-state index contributed by atoms with van der Waals surface area (Å²) < 4.78 is 2.23. The predicted octanol–water partition coefficient (Wildman–Crippen LogP) is 4.51. The Labute approximate surface area is 136 Å². The van der Waals surface area contributed by atoms with Gasteiger partial charge in [-0.1, -0.05) is 49.1 Å². The fourth-order valence-electron chi connectivity index (χ4n) is 1.74. The molecule has 0 spiro atoms. The molecule has 0 unspecified atom stereocenters. The monoisotopic (exact) mass is 336 g/mol. The van der Waals surface area contributed by atoms with Gasteiger partial charge in [-0.05, 0) is 18.1 Å². The molecule has 0 radical (unpaired) electrons. The quantitative estimate of drug-likeness (QED) is 0.671. The second kappa shape index (κ2) is 6.72. The Bertz CT molecular complexity index is 687. The van der Waals surface area contributed by atoms with Gasteiger partial charge in [0.05, 0.1) is 16.0 Å². The Morgan fingerprint density at radius 1 is 1.19 bits per heavy atom. The van der Waals surface area contributed by atoms with Crippen molar-refractivity contribution >= 4 is 49.8 Å². The molecule has 3 rings (SSSR count). The molecule has 21 heavy (non-hydrogen) atoms. The van der Waals surface area contributed by atoms with E-state index in [4.69, 9.17) is 0 Å². The smallest absolute Gasteiger partial charge is 0.206 e. The van der Waals surface area contributed by atoms with Crippen LogP contribution in [0, 0.1) is 5.92 Å². The number of anilines is 1. The van der Waals surface area contributed by atoms with Crippen LogP contribution in [0.5, 0.6) is 0 Å². The summed E-state index contributed by atoms with van der Waals surface area (Å²) in [6.07, 6.45) is 0. The van der Waals surface area contributed by atoms with Crippen molar-refractivity contribution < 1.29 is 0 Å². The summed E-state index contributed by atoms with van der Waals surface area (Å²) in [5, 5.41) is 13.7. The summed E-state index contributed by atoms with van der Waals surface area (Å²) in [5.41, 5.74) is 1.08. The van der Waals surface area contributed by atoms with Crippen LogP contribution in [-0.4, -0.2) is 21.7 Å². The van der Waals surface area contributed by atoms with E-state index in [1.807, 2.05) is 6.07 Å². The third-order valence-electron chi connectivity index (χ3n) is 2.73. The number of hydrogen-bond donors (Lipinski definition) is 1. The largest absolute Gasteiger partial charge is 0.360 e. The van der Waals surface area contributed by atoms with Gasteiger partial charge in [-0.2, -0.15) is 0 Å². The van der Waals surface area contributed by atoms with Crippen LogP contribution >= 0.6 is 34.4 Å². The number of nitrogens with one attached hydrogen (secondary N) is 1. The highest BCUT2D eigenvalue weighted by atomic mass is 32.2. The van der Waals surface area contributed by atoms with E-state index in [9.17, 15) is 0 Å². The SMILES string of the molecule is CC(C)CNc1nnc(SCc2nc3ccccc3s2)s1.